The predicted molar refractivity (Wildman–Crippen MR) is 103 cm³/mol. The predicted octanol–water partition coefficient (Wildman–Crippen LogP) is 2.49. The van der Waals surface area contributed by atoms with Crippen LogP contribution in [0.25, 0.3) is 0 Å². The zero-order chi connectivity index (χ0) is 18.6. The Bertz CT molecular complexity index is 914. The van der Waals surface area contributed by atoms with E-state index in [1.165, 1.54) is 11.8 Å². The molecule has 0 spiro atoms. The molecule has 2 aromatic heterocycles. The zero-order valence-corrected chi connectivity index (χ0v) is 15.5. The lowest BCUT2D eigenvalue weighted by atomic mass is 10.1. The van der Waals surface area contributed by atoms with Crippen LogP contribution in [-0.2, 0) is 17.9 Å². The van der Waals surface area contributed by atoms with Gasteiger partial charge in [0.25, 0.3) is 0 Å². The number of carbonyl (C=O) groups is 1. The minimum atomic E-state index is -0.756. The van der Waals surface area contributed by atoms with E-state index in [1.54, 1.807) is 6.20 Å². The van der Waals surface area contributed by atoms with E-state index in [2.05, 4.69) is 10.1 Å². The number of hydrogen-bond acceptors (Lipinski definition) is 5. The Morgan fingerprint density at radius 3 is 2.74 bits per heavy atom. The largest absolute Gasteiger partial charge is 0.382 e. The molecule has 0 radical (unpaired) electrons. The number of aliphatic hydroxyl groups is 1. The number of amides is 1. The van der Waals surface area contributed by atoms with Crippen molar-refractivity contribution >= 4 is 17.7 Å². The van der Waals surface area contributed by atoms with Gasteiger partial charge in [0, 0.05) is 12.7 Å². The van der Waals surface area contributed by atoms with E-state index in [-0.39, 0.29) is 5.91 Å². The van der Waals surface area contributed by atoms with Crippen molar-refractivity contribution in [1.29, 1.82) is 0 Å². The molecular weight excluding hydrogens is 360 g/mol. The molecule has 0 fully saturated rings. The highest BCUT2D eigenvalue weighted by atomic mass is 32.2. The molecule has 0 saturated heterocycles. The van der Waals surface area contributed by atoms with Gasteiger partial charge in [-0.2, -0.15) is 5.10 Å². The summed E-state index contributed by atoms with van der Waals surface area (Å²) in [6.07, 6.45) is 0.972. The summed E-state index contributed by atoms with van der Waals surface area (Å²) >= 11 is 1.45. The molecule has 0 aliphatic carbocycles. The molecular formula is C20H20N4O2S. The Hall–Kier alpha value is -2.64. The summed E-state index contributed by atoms with van der Waals surface area (Å²) in [5.74, 6) is 0.452. The van der Waals surface area contributed by atoms with Crippen molar-refractivity contribution < 1.29 is 9.90 Å². The number of fused-ring (bicyclic) bond motifs is 1. The van der Waals surface area contributed by atoms with E-state index in [9.17, 15) is 9.90 Å². The van der Waals surface area contributed by atoms with E-state index in [0.29, 0.717) is 31.1 Å². The summed E-state index contributed by atoms with van der Waals surface area (Å²) in [4.78, 5) is 18.6. The Kier molecular flexibility index (Phi) is 5.22. The van der Waals surface area contributed by atoms with Crippen LogP contribution < -0.4 is 0 Å². The average Bonchev–Trinajstić information content (AvgIpc) is 3.16. The van der Waals surface area contributed by atoms with Crippen LogP contribution in [0, 0.1) is 0 Å². The summed E-state index contributed by atoms with van der Waals surface area (Å²) in [5.41, 5.74) is 2.38. The number of aliphatic hydroxyl groups excluding tert-OH is 1. The SMILES string of the molecule is O=C(CSc1ccccn1)N1CCn2nc([C@@H](O)c3ccccc3)cc2C1. The average molecular weight is 380 g/mol. The standard InChI is InChI=1S/C20H20N4O2S/c25-19(14-27-18-8-4-5-9-21-18)23-10-11-24-16(13-23)12-17(22-24)20(26)15-6-2-1-3-7-15/h1-9,12,20,26H,10-11,13-14H2/t20-/m0/s1. The molecule has 4 rings (SSSR count). The van der Waals surface area contributed by atoms with Gasteiger partial charge >= 0.3 is 0 Å². The van der Waals surface area contributed by atoms with Crippen LogP contribution in [0.5, 0.6) is 0 Å². The van der Waals surface area contributed by atoms with E-state index < -0.39 is 6.10 Å². The van der Waals surface area contributed by atoms with Crippen molar-refractivity contribution in [3.05, 3.63) is 77.7 Å². The van der Waals surface area contributed by atoms with Crippen molar-refractivity contribution in [3.63, 3.8) is 0 Å². The number of nitrogens with zero attached hydrogens (tertiary/aromatic N) is 4. The number of pyridine rings is 1. The maximum absolute atomic E-state index is 12.5. The quantitative estimate of drug-likeness (QED) is 0.689. The van der Waals surface area contributed by atoms with E-state index in [4.69, 9.17) is 0 Å². The highest BCUT2D eigenvalue weighted by Gasteiger charge is 2.24. The van der Waals surface area contributed by atoms with Gasteiger partial charge < -0.3 is 10.0 Å². The molecule has 1 amide bonds. The van der Waals surface area contributed by atoms with Gasteiger partial charge in [0.05, 0.1) is 35.3 Å². The molecule has 0 bridgehead atoms. The highest BCUT2D eigenvalue weighted by molar-refractivity contribution is 7.99. The first-order valence-electron chi connectivity index (χ1n) is 8.82. The number of carbonyl (C=O) groups excluding carboxylic acids is 1. The van der Waals surface area contributed by atoms with Crippen LogP contribution in [-0.4, -0.2) is 43.0 Å². The summed E-state index contributed by atoms with van der Waals surface area (Å²) in [5, 5.41) is 15.9. The second-order valence-electron chi connectivity index (χ2n) is 6.37. The first kappa shape index (κ1) is 17.8. The van der Waals surface area contributed by atoms with E-state index >= 15 is 0 Å². The molecule has 0 saturated carbocycles. The van der Waals surface area contributed by atoms with Crippen molar-refractivity contribution in [2.45, 2.75) is 24.2 Å². The maximum Gasteiger partial charge on any atom is 0.233 e. The van der Waals surface area contributed by atoms with Crippen LogP contribution in [0.4, 0.5) is 0 Å². The molecule has 1 N–H and O–H groups in total. The molecule has 138 valence electrons. The minimum absolute atomic E-state index is 0.0864. The Labute approximate surface area is 161 Å². The lowest BCUT2D eigenvalue weighted by Crippen LogP contribution is -2.39. The lowest BCUT2D eigenvalue weighted by Gasteiger charge is -2.27. The van der Waals surface area contributed by atoms with Gasteiger partial charge in [-0.3, -0.25) is 9.48 Å². The fourth-order valence-electron chi connectivity index (χ4n) is 3.10. The molecule has 1 aromatic carbocycles. The number of hydrogen-bond donors (Lipinski definition) is 1. The third-order valence-electron chi connectivity index (χ3n) is 4.55. The molecule has 1 aliphatic rings. The molecule has 0 unspecified atom stereocenters. The molecule has 7 heteroatoms. The second kappa shape index (κ2) is 7.94. The first-order chi connectivity index (χ1) is 13.2. The number of benzene rings is 1. The molecule has 1 atom stereocenters. The molecule has 6 nitrogen and oxygen atoms in total. The monoisotopic (exact) mass is 380 g/mol. The summed E-state index contributed by atoms with van der Waals surface area (Å²) < 4.78 is 1.89. The second-order valence-corrected chi connectivity index (χ2v) is 7.36. The molecule has 3 heterocycles. The zero-order valence-electron chi connectivity index (χ0n) is 14.7. The Morgan fingerprint density at radius 1 is 1.15 bits per heavy atom. The van der Waals surface area contributed by atoms with Gasteiger partial charge in [-0.15, -0.1) is 0 Å². The smallest absolute Gasteiger partial charge is 0.233 e. The van der Waals surface area contributed by atoms with Gasteiger partial charge in [0.2, 0.25) is 5.91 Å². The van der Waals surface area contributed by atoms with Crippen LogP contribution in [0.2, 0.25) is 0 Å². The normalized spacial score (nSPS) is 14.6. The van der Waals surface area contributed by atoms with Crippen molar-refractivity contribution in [3.8, 4) is 0 Å². The maximum atomic E-state index is 12.5. The Balaban J connectivity index is 1.41. The van der Waals surface area contributed by atoms with Crippen LogP contribution >= 0.6 is 11.8 Å². The van der Waals surface area contributed by atoms with Crippen LogP contribution in [0.3, 0.4) is 0 Å². The van der Waals surface area contributed by atoms with Gasteiger partial charge in [-0.05, 0) is 23.8 Å². The third-order valence-corrected chi connectivity index (χ3v) is 5.47. The fraction of sp³-hybridized carbons (Fsp3) is 0.250. The minimum Gasteiger partial charge on any atom is -0.382 e. The molecule has 1 aliphatic heterocycles. The van der Waals surface area contributed by atoms with E-state index in [1.807, 2.05) is 64.2 Å². The Morgan fingerprint density at radius 2 is 1.96 bits per heavy atom. The topological polar surface area (TPSA) is 71.2 Å². The summed E-state index contributed by atoms with van der Waals surface area (Å²) in [6.45, 7) is 1.77. The van der Waals surface area contributed by atoms with Gasteiger partial charge in [-0.1, -0.05) is 48.2 Å². The van der Waals surface area contributed by atoms with Crippen LogP contribution in [0.1, 0.15) is 23.1 Å². The third kappa shape index (κ3) is 4.04. The van der Waals surface area contributed by atoms with Crippen molar-refractivity contribution in [2.75, 3.05) is 12.3 Å². The number of rotatable bonds is 5. The van der Waals surface area contributed by atoms with Gasteiger partial charge in [0.15, 0.2) is 0 Å². The fourth-order valence-corrected chi connectivity index (χ4v) is 3.86. The summed E-state index contributed by atoms with van der Waals surface area (Å²) in [6, 6.07) is 17.0. The van der Waals surface area contributed by atoms with Crippen LogP contribution in [0.15, 0.2) is 65.8 Å². The number of aromatic nitrogens is 3. The van der Waals surface area contributed by atoms with Crippen molar-refractivity contribution in [1.82, 2.24) is 19.7 Å². The summed E-state index contributed by atoms with van der Waals surface area (Å²) in [7, 11) is 0. The van der Waals surface area contributed by atoms with E-state index in [0.717, 1.165) is 16.3 Å². The van der Waals surface area contributed by atoms with Gasteiger partial charge in [0.1, 0.15) is 6.10 Å². The lowest BCUT2D eigenvalue weighted by molar-refractivity contribution is -0.129. The first-order valence-corrected chi connectivity index (χ1v) is 9.80. The molecule has 27 heavy (non-hydrogen) atoms. The molecule has 3 aromatic rings. The van der Waals surface area contributed by atoms with Crippen molar-refractivity contribution in [2.24, 2.45) is 0 Å². The number of thioether (sulfide) groups is 1. The van der Waals surface area contributed by atoms with Gasteiger partial charge in [-0.25, -0.2) is 4.98 Å². The highest BCUT2D eigenvalue weighted by Crippen LogP contribution is 2.24.